The second-order valence-corrected chi connectivity index (χ2v) is 8.19. The van der Waals surface area contributed by atoms with Crippen molar-refractivity contribution in [3.63, 3.8) is 0 Å². The van der Waals surface area contributed by atoms with E-state index in [1.54, 1.807) is 0 Å². The first-order chi connectivity index (χ1) is 12.0. The van der Waals surface area contributed by atoms with Crippen LogP contribution >= 0.6 is 0 Å². The van der Waals surface area contributed by atoms with Crippen molar-refractivity contribution in [3.8, 4) is 0 Å². The van der Waals surface area contributed by atoms with Crippen LogP contribution in [0.5, 0.6) is 0 Å². The molecule has 4 fully saturated rings. The van der Waals surface area contributed by atoms with Crippen LogP contribution in [0.15, 0.2) is 0 Å². The Morgan fingerprint density at radius 2 is 1.84 bits per heavy atom. The van der Waals surface area contributed by atoms with Crippen LogP contribution in [-0.4, -0.2) is 67.8 Å². The topological polar surface area (TPSA) is 50.8 Å². The Balaban J connectivity index is 1.20. The fourth-order valence-corrected chi connectivity index (χ4v) is 4.85. The van der Waals surface area contributed by atoms with Crippen molar-refractivity contribution in [2.45, 2.75) is 56.1 Å². The molecule has 0 unspecified atom stereocenters. The van der Waals surface area contributed by atoms with E-state index in [4.69, 9.17) is 9.47 Å². The molecule has 3 saturated heterocycles. The van der Waals surface area contributed by atoms with Gasteiger partial charge in [0.1, 0.15) is 0 Å². The first-order valence-electron chi connectivity index (χ1n) is 9.59. The zero-order valence-corrected chi connectivity index (χ0v) is 14.6. The second kappa shape index (κ2) is 6.74. The number of likely N-dealkylation sites (tertiary alicyclic amines) is 1. The highest BCUT2D eigenvalue weighted by Crippen LogP contribution is 2.44. The SMILES string of the molecule is O=C(NCC[C@@H]1CCOC12CN(C1CCOCC1)C2)C1CC(F)(F)C1. The number of carbonyl (C=O) groups excluding carboxylic acids is 1. The van der Waals surface area contributed by atoms with E-state index in [2.05, 4.69) is 10.2 Å². The number of hydrogen-bond acceptors (Lipinski definition) is 4. The fourth-order valence-electron chi connectivity index (χ4n) is 4.85. The molecule has 1 atom stereocenters. The smallest absolute Gasteiger partial charge is 0.249 e. The predicted octanol–water partition coefficient (Wildman–Crippen LogP) is 1.81. The van der Waals surface area contributed by atoms with Crippen molar-refractivity contribution in [3.05, 3.63) is 0 Å². The van der Waals surface area contributed by atoms with Gasteiger partial charge >= 0.3 is 0 Å². The molecule has 0 bridgehead atoms. The predicted molar refractivity (Wildman–Crippen MR) is 87.5 cm³/mol. The molecule has 5 nitrogen and oxygen atoms in total. The number of ether oxygens (including phenoxy) is 2. The standard InChI is InChI=1S/C18H28F2N2O3/c19-18(20)9-13(10-18)16(23)21-5-1-14-2-8-25-17(14)11-22(12-17)15-3-6-24-7-4-15/h13-15H,1-12H2,(H,21,23)/t14-/m1/s1. The van der Waals surface area contributed by atoms with Gasteiger partial charge < -0.3 is 14.8 Å². The molecule has 1 amide bonds. The lowest BCUT2D eigenvalue weighted by molar-refractivity contribution is -0.157. The summed E-state index contributed by atoms with van der Waals surface area (Å²) in [6.07, 6.45) is 3.51. The van der Waals surface area contributed by atoms with Crippen LogP contribution in [0.3, 0.4) is 0 Å². The van der Waals surface area contributed by atoms with E-state index < -0.39 is 11.8 Å². The van der Waals surface area contributed by atoms with E-state index in [1.165, 1.54) is 0 Å². The van der Waals surface area contributed by atoms with Crippen LogP contribution in [0.25, 0.3) is 0 Å². The lowest BCUT2D eigenvalue weighted by Crippen LogP contribution is -2.67. The number of nitrogens with one attached hydrogen (secondary N) is 1. The molecular formula is C18H28F2N2O3. The van der Waals surface area contributed by atoms with Gasteiger partial charge in [-0.3, -0.25) is 9.69 Å². The Labute approximate surface area is 147 Å². The average molecular weight is 358 g/mol. The van der Waals surface area contributed by atoms with E-state index in [1.807, 2.05) is 0 Å². The molecule has 3 heterocycles. The summed E-state index contributed by atoms with van der Waals surface area (Å²) in [5.41, 5.74) is -0.0491. The van der Waals surface area contributed by atoms with Crippen LogP contribution in [0, 0.1) is 11.8 Å². The van der Waals surface area contributed by atoms with Gasteiger partial charge in [0.15, 0.2) is 0 Å². The van der Waals surface area contributed by atoms with Crippen LogP contribution in [0.2, 0.25) is 0 Å². The maximum atomic E-state index is 12.9. The summed E-state index contributed by atoms with van der Waals surface area (Å²) in [7, 11) is 0. The number of hydrogen-bond donors (Lipinski definition) is 1. The Bertz CT molecular complexity index is 497. The van der Waals surface area contributed by atoms with Gasteiger partial charge in [-0.2, -0.15) is 0 Å². The van der Waals surface area contributed by atoms with Gasteiger partial charge in [-0.1, -0.05) is 0 Å². The summed E-state index contributed by atoms with van der Waals surface area (Å²) in [4.78, 5) is 14.4. The molecule has 0 aromatic heterocycles. The maximum absolute atomic E-state index is 12.9. The van der Waals surface area contributed by atoms with Gasteiger partial charge in [-0.05, 0) is 31.6 Å². The Morgan fingerprint density at radius 3 is 2.52 bits per heavy atom. The molecule has 4 rings (SSSR count). The van der Waals surface area contributed by atoms with Crippen LogP contribution in [0.4, 0.5) is 8.78 Å². The second-order valence-electron chi connectivity index (χ2n) is 8.19. The summed E-state index contributed by atoms with van der Waals surface area (Å²) in [5.74, 6) is -2.90. The molecule has 1 aliphatic carbocycles. The molecule has 7 heteroatoms. The van der Waals surface area contributed by atoms with Crippen molar-refractivity contribution in [1.29, 1.82) is 0 Å². The third-order valence-electron chi connectivity index (χ3n) is 6.50. The largest absolute Gasteiger partial charge is 0.381 e. The summed E-state index contributed by atoms with van der Waals surface area (Å²) in [5, 5.41) is 2.85. The Hall–Kier alpha value is -0.790. The number of rotatable bonds is 5. The summed E-state index contributed by atoms with van der Waals surface area (Å²) >= 11 is 0. The zero-order valence-electron chi connectivity index (χ0n) is 14.6. The molecule has 0 aromatic carbocycles. The normalized spacial score (nSPS) is 32.3. The summed E-state index contributed by atoms with van der Waals surface area (Å²) < 4.78 is 37.2. The minimum atomic E-state index is -2.63. The summed E-state index contributed by atoms with van der Waals surface area (Å²) in [6, 6.07) is 0.615. The van der Waals surface area contributed by atoms with Gasteiger partial charge in [-0.15, -0.1) is 0 Å². The molecule has 142 valence electrons. The first kappa shape index (κ1) is 17.6. The monoisotopic (exact) mass is 358 g/mol. The molecule has 3 aliphatic heterocycles. The molecule has 25 heavy (non-hydrogen) atoms. The number of alkyl halides is 2. The van der Waals surface area contributed by atoms with Crippen molar-refractivity contribution >= 4 is 5.91 Å². The minimum absolute atomic E-state index is 0.0491. The number of nitrogens with zero attached hydrogens (tertiary/aromatic N) is 1. The van der Waals surface area contributed by atoms with Crippen LogP contribution in [-0.2, 0) is 14.3 Å². The molecule has 0 aromatic rings. The van der Waals surface area contributed by atoms with E-state index in [0.717, 1.165) is 58.6 Å². The van der Waals surface area contributed by atoms with E-state index >= 15 is 0 Å². The number of halogens is 2. The van der Waals surface area contributed by atoms with E-state index in [-0.39, 0.29) is 24.3 Å². The van der Waals surface area contributed by atoms with Gasteiger partial charge in [0.2, 0.25) is 11.8 Å². The fraction of sp³-hybridized carbons (Fsp3) is 0.944. The number of carbonyl (C=O) groups is 1. The van der Waals surface area contributed by atoms with Gasteiger partial charge in [0, 0.05) is 64.3 Å². The highest BCUT2D eigenvalue weighted by molar-refractivity contribution is 5.79. The molecular weight excluding hydrogens is 330 g/mol. The quantitative estimate of drug-likeness (QED) is 0.814. The molecule has 0 radical (unpaired) electrons. The van der Waals surface area contributed by atoms with Gasteiger partial charge in [0.05, 0.1) is 5.60 Å². The Morgan fingerprint density at radius 1 is 1.12 bits per heavy atom. The van der Waals surface area contributed by atoms with Crippen molar-refractivity contribution in [2.75, 3.05) is 39.5 Å². The first-order valence-corrected chi connectivity index (χ1v) is 9.59. The third-order valence-corrected chi connectivity index (χ3v) is 6.50. The van der Waals surface area contributed by atoms with Crippen molar-refractivity contribution < 1.29 is 23.0 Å². The molecule has 4 aliphatic rings. The Kier molecular flexibility index (Phi) is 4.75. The summed E-state index contributed by atoms with van der Waals surface area (Å²) in [6.45, 7) is 5.01. The van der Waals surface area contributed by atoms with Gasteiger partial charge in [0.25, 0.3) is 0 Å². The maximum Gasteiger partial charge on any atom is 0.249 e. The molecule has 1 N–H and O–H groups in total. The van der Waals surface area contributed by atoms with Crippen LogP contribution in [0.1, 0.15) is 38.5 Å². The van der Waals surface area contributed by atoms with E-state index in [9.17, 15) is 13.6 Å². The highest BCUT2D eigenvalue weighted by atomic mass is 19.3. The van der Waals surface area contributed by atoms with Gasteiger partial charge in [-0.25, -0.2) is 8.78 Å². The molecule has 1 saturated carbocycles. The van der Waals surface area contributed by atoms with Crippen LogP contribution < -0.4 is 5.32 Å². The molecule has 1 spiro atoms. The van der Waals surface area contributed by atoms with Crippen molar-refractivity contribution in [1.82, 2.24) is 10.2 Å². The lowest BCUT2D eigenvalue weighted by Gasteiger charge is -2.54. The minimum Gasteiger partial charge on any atom is -0.381 e. The van der Waals surface area contributed by atoms with E-state index in [0.29, 0.717) is 18.5 Å². The average Bonchev–Trinajstić information content (AvgIpc) is 2.95. The number of amides is 1. The third kappa shape index (κ3) is 3.55. The lowest BCUT2D eigenvalue weighted by atomic mass is 9.77. The zero-order chi connectivity index (χ0) is 17.5. The highest BCUT2D eigenvalue weighted by Gasteiger charge is 2.54. The van der Waals surface area contributed by atoms with Crippen molar-refractivity contribution in [2.24, 2.45) is 11.8 Å².